The number of Topliss-reactive ketones (excluding diaryl/α,β-unsaturated/α-hetero) is 1. The first-order chi connectivity index (χ1) is 15.3. The third-order valence-corrected chi connectivity index (χ3v) is 5.93. The summed E-state index contributed by atoms with van der Waals surface area (Å²) in [5.41, 5.74) is 1.94. The summed E-state index contributed by atoms with van der Waals surface area (Å²) in [6.07, 6.45) is 0.500. The molecule has 1 saturated heterocycles. The van der Waals surface area contributed by atoms with E-state index < -0.39 is 17.7 Å². The van der Waals surface area contributed by atoms with Crippen molar-refractivity contribution in [3.63, 3.8) is 0 Å². The van der Waals surface area contributed by atoms with Crippen molar-refractivity contribution >= 4 is 40.7 Å². The van der Waals surface area contributed by atoms with Crippen LogP contribution < -0.4 is 0 Å². The van der Waals surface area contributed by atoms with E-state index in [1.54, 1.807) is 48.5 Å². The highest BCUT2D eigenvalue weighted by Gasteiger charge is 2.45. The minimum Gasteiger partial charge on any atom is -0.508 e. The van der Waals surface area contributed by atoms with Gasteiger partial charge in [0.1, 0.15) is 11.5 Å². The second-order valence-corrected chi connectivity index (χ2v) is 8.34. The van der Waals surface area contributed by atoms with Crippen LogP contribution in [0.25, 0.3) is 5.76 Å². The van der Waals surface area contributed by atoms with Crippen LogP contribution in [-0.4, -0.2) is 33.3 Å². The van der Waals surface area contributed by atoms with Gasteiger partial charge in [0, 0.05) is 22.2 Å². The normalized spacial score (nSPS) is 17.7. The first-order valence-corrected chi connectivity index (χ1v) is 10.7. The van der Waals surface area contributed by atoms with E-state index >= 15 is 0 Å². The Morgan fingerprint density at radius 2 is 1.41 bits per heavy atom. The Kier molecular flexibility index (Phi) is 6.21. The molecule has 7 heteroatoms. The number of aliphatic hydroxyl groups is 1. The smallest absolute Gasteiger partial charge is 0.295 e. The molecule has 1 unspecified atom stereocenters. The van der Waals surface area contributed by atoms with Gasteiger partial charge in [0.2, 0.25) is 0 Å². The lowest BCUT2D eigenvalue weighted by Crippen LogP contribution is -2.31. The largest absolute Gasteiger partial charge is 0.508 e. The third kappa shape index (κ3) is 4.35. The fraction of sp³-hybridized carbons (Fsp3) is 0.120. The summed E-state index contributed by atoms with van der Waals surface area (Å²) in [5, 5.41) is 21.8. The Balaban J connectivity index is 1.76. The second-order valence-electron chi connectivity index (χ2n) is 7.47. The van der Waals surface area contributed by atoms with Crippen LogP contribution in [0, 0.1) is 0 Å². The number of hydrogen-bond donors (Lipinski definition) is 2. The Labute approximate surface area is 195 Å². The Morgan fingerprint density at radius 3 is 2.00 bits per heavy atom. The van der Waals surface area contributed by atoms with Crippen LogP contribution in [0.15, 0.2) is 78.4 Å². The summed E-state index contributed by atoms with van der Waals surface area (Å²) in [7, 11) is 0. The van der Waals surface area contributed by atoms with Crippen molar-refractivity contribution in [3.05, 3.63) is 105 Å². The summed E-state index contributed by atoms with van der Waals surface area (Å²) in [6.45, 7) is 0.259. The maximum absolute atomic E-state index is 13.0. The molecule has 0 radical (unpaired) electrons. The molecule has 1 heterocycles. The van der Waals surface area contributed by atoms with Gasteiger partial charge < -0.3 is 15.1 Å². The first-order valence-electron chi connectivity index (χ1n) is 9.93. The van der Waals surface area contributed by atoms with E-state index in [1.807, 2.05) is 12.1 Å². The molecule has 1 atom stereocenters. The molecule has 1 aliphatic heterocycles. The molecule has 0 bridgehead atoms. The molecular formula is C25H19Cl2NO4. The molecule has 5 nitrogen and oxygen atoms in total. The van der Waals surface area contributed by atoms with Gasteiger partial charge in [0.25, 0.3) is 11.7 Å². The number of aliphatic hydroxyl groups excluding tert-OH is 1. The average molecular weight is 468 g/mol. The lowest BCUT2D eigenvalue weighted by Gasteiger charge is -2.25. The van der Waals surface area contributed by atoms with Gasteiger partial charge in [-0.3, -0.25) is 9.59 Å². The van der Waals surface area contributed by atoms with Gasteiger partial charge in [-0.25, -0.2) is 0 Å². The lowest BCUT2D eigenvalue weighted by atomic mass is 9.95. The highest BCUT2D eigenvalue weighted by atomic mass is 35.5. The van der Waals surface area contributed by atoms with E-state index in [0.717, 1.165) is 5.56 Å². The van der Waals surface area contributed by atoms with E-state index in [-0.39, 0.29) is 23.6 Å². The summed E-state index contributed by atoms with van der Waals surface area (Å²) in [4.78, 5) is 27.4. The Hall–Kier alpha value is -3.28. The molecule has 32 heavy (non-hydrogen) atoms. The third-order valence-electron chi connectivity index (χ3n) is 5.42. The highest BCUT2D eigenvalue weighted by Crippen LogP contribution is 2.40. The fourth-order valence-corrected chi connectivity index (χ4v) is 4.03. The molecule has 3 aromatic carbocycles. The van der Waals surface area contributed by atoms with Crippen molar-refractivity contribution in [2.24, 2.45) is 0 Å². The Bertz CT molecular complexity index is 1190. The van der Waals surface area contributed by atoms with Gasteiger partial charge in [-0.2, -0.15) is 0 Å². The topological polar surface area (TPSA) is 77.8 Å². The zero-order valence-electron chi connectivity index (χ0n) is 16.8. The van der Waals surface area contributed by atoms with Crippen LogP contribution in [0.3, 0.4) is 0 Å². The number of hydrogen-bond acceptors (Lipinski definition) is 4. The molecule has 0 spiro atoms. The van der Waals surface area contributed by atoms with Crippen LogP contribution in [0.5, 0.6) is 5.75 Å². The monoisotopic (exact) mass is 467 g/mol. The molecule has 0 aromatic heterocycles. The summed E-state index contributed by atoms with van der Waals surface area (Å²) in [6, 6.07) is 19.1. The van der Waals surface area contributed by atoms with Gasteiger partial charge in [-0.05, 0) is 66.1 Å². The number of rotatable bonds is 5. The number of likely N-dealkylation sites (tertiary alicyclic amines) is 1. The van der Waals surface area contributed by atoms with Gasteiger partial charge >= 0.3 is 0 Å². The van der Waals surface area contributed by atoms with Gasteiger partial charge in [0.15, 0.2) is 0 Å². The summed E-state index contributed by atoms with van der Waals surface area (Å²) in [5.74, 6) is -1.66. The van der Waals surface area contributed by atoms with Crippen LogP contribution >= 0.6 is 23.2 Å². The zero-order valence-corrected chi connectivity index (χ0v) is 18.3. The van der Waals surface area contributed by atoms with Crippen LogP contribution in [-0.2, 0) is 16.0 Å². The predicted molar refractivity (Wildman–Crippen MR) is 124 cm³/mol. The van der Waals surface area contributed by atoms with Gasteiger partial charge in [-0.1, -0.05) is 47.5 Å². The molecule has 1 fully saturated rings. The molecule has 3 aromatic rings. The number of phenols is 1. The predicted octanol–water partition coefficient (Wildman–Crippen LogP) is 5.36. The van der Waals surface area contributed by atoms with Crippen LogP contribution in [0.4, 0.5) is 0 Å². The van der Waals surface area contributed by atoms with E-state index in [1.165, 1.54) is 17.0 Å². The van der Waals surface area contributed by atoms with E-state index in [9.17, 15) is 19.8 Å². The quantitative estimate of drug-likeness (QED) is 0.300. The number of carbonyl (C=O) groups excluding carboxylic acids is 2. The Morgan fingerprint density at radius 1 is 0.844 bits per heavy atom. The van der Waals surface area contributed by atoms with Crippen molar-refractivity contribution in [1.82, 2.24) is 4.90 Å². The van der Waals surface area contributed by atoms with E-state index in [4.69, 9.17) is 23.2 Å². The van der Waals surface area contributed by atoms with Crippen molar-refractivity contribution in [3.8, 4) is 5.75 Å². The molecule has 1 aliphatic rings. The lowest BCUT2D eigenvalue weighted by molar-refractivity contribution is -0.139. The minimum atomic E-state index is -0.793. The van der Waals surface area contributed by atoms with Crippen molar-refractivity contribution in [2.45, 2.75) is 12.5 Å². The van der Waals surface area contributed by atoms with E-state index in [2.05, 4.69) is 0 Å². The van der Waals surface area contributed by atoms with Crippen LogP contribution in [0.1, 0.15) is 22.7 Å². The zero-order chi connectivity index (χ0) is 22.8. The molecule has 1 amide bonds. The number of nitrogens with zero attached hydrogens (tertiary/aromatic N) is 1. The maximum Gasteiger partial charge on any atom is 0.295 e. The number of phenolic OH excluding ortho intramolecular Hbond substituents is 1. The molecule has 162 valence electrons. The van der Waals surface area contributed by atoms with Crippen molar-refractivity contribution in [2.75, 3.05) is 6.54 Å². The van der Waals surface area contributed by atoms with E-state index in [0.29, 0.717) is 27.6 Å². The molecule has 0 aliphatic carbocycles. The number of ketones is 1. The molecule has 4 rings (SSSR count). The van der Waals surface area contributed by atoms with Gasteiger partial charge in [0.05, 0.1) is 11.6 Å². The summed E-state index contributed by atoms with van der Waals surface area (Å²) >= 11 is 11.9. The van der Waals surface area contributed by atoms with Gasteiger partial charge in [-0.15, -0.1) is 0 Å². The standard InChI is InChI=1S/C25H19Cl2NO4/c26-18-7-1-15(2-8-18)13-14-28-22(16-5-11-20(29)12-6-16)21(24(31)25(28)32)23(30)17-3-9-19(27)10-4-17/h1-12,22,29-30H,13-14H2/b23-21-. The maximum atomic E-state index is 13.0. The SMILES string of the molecule is O=C1C(=O)N(CCc2ccc(Cl)cc2)C(c2ccc(O)cc2)/C1=C(/O)c1ccc(Cl)cc1. The number of benzene rings is 3. The second kappa shape index (κ2) is 9.07. The fourth-order valence-electron chi connectivity index (χ4n) is 3.78. The van der Waals surface area contributed by atoms with Crippen LogP contribution in [0.2, 0.25) is 10.0 Å². The minimum absolute atomic E-state index is 0.000816. The first kappa shape index (κ1) is 21.9. The van der Waals surface area contributed by atoms with Crippen molar-refractivity contribution in [1.29, 1.82) is 0 Å². The number of carbonyl (C=O) groups is 2. The number of aromatic hydroxyl groups is 1. The molecule has 2 N–H and O–H groups in total. The van der Waals surface area contributed by atoms with Crippen molar-refractivity contribution < 1.29 is 19.8 Å². The number of halogens is 2. The molecular weight excluding hydrogens is 449 g/mol. The molecule has 0 saturated carbocycles. The average Bonchev–Trinajstić information content (AvgIpc) is 3.04. The summed E-state index contributed by atoms with van der Waals surface area (Å²) < 4.78 is 0. The number of amides is 1. The highest BCUT2D eigenvalue weighted by molar-refractivity contribution is 6.46.